The van der Waals surface area contributed by atoms with Gasteiger partial charge in [-0.3, -0.25) is 14.7 Å². The average molecular weight is 397 g/mol. The Kier molecular flexibility index (Phi) is 6.69. The van der Waals surface area contributed by atoms with Gasteiger partial charge < -0.3 is 9.88 Å². The molecule has 0 unspecified atom stereocenters. The maximum atomic E-state index is 12.0. The third-order valence-corrected chi connectivity index (χ3v) is 5.27. The number of hydrogen-bond donors (Lipinski definition) is 1. The highest BCUT2D eigenvalue weighted by Crippen LogP contribution is 2.20. The number of aryl methyl sites for hydroxylation is 3. The normalized spacial score (nSPS) is 14.7. The molecule has 1 aliphatic heterocycles. The van der Waals surface area contributed by atoms with Gasteiger partial charge in [0.2, 0.25) is 0 Å². The first kappa shape index (κ1) is 21.0. The number of H-pyrrole nitrogens is 1. The lowest BCUT2D eigenvalue weighted by Crippen LogP contribution is -2.46. The minimum Gasteiger partial charge on any atom is -0.368 e. The van der Waals surface area contributed by atoms with E-state index >= 15 is 0 Å². The fourth-order valence-electron chi connectivity index (χ4n) is 3.76. The number of nitrogens with one attached hydrogen (secondary N) is 1. The first-order valence-electron chi connectivity index (χ1n) is 10.6. The van der Waals surface area contributed by atoms with Crippen LogP contribution in [0.1, 0.15) is 43.4 Å². The van der Waals surface area contributed by atoms with Gasteiger partial charge in [-0.1, -0.05) is 20.8 Å². The molecule has 1 saturated heterocycles. The first-order chi connectivity index (χ1) is 14.0. The van der Waals surface area contributed by atoms with E-state index in [9.17, 15) is 4.79 Å². The quantitative estimate of drug-likeness (QED) is 0.734. The maximum Gasteiger partial charge on any atom is 0.254 e. The molecule has 3 aromatic heterocycles. The van der Waals surface area contributed by atoms with Crippen molar-refractivity contribution in [3.8, 4) is 0 Å². The summed E-state index contributed by atoms with van der Waals surface area (Å²) in [4.78, 5) is 24.3. The molecule has 1 fully saturated rings. The summed E-state index contributed by atoms with van der Waals surface area (Å²) in [5, 5.41) is 4.64. The van der Waals surface area contributed by atoms with Gasteiger partial charge in [0.15, 0.2) is 0 Å². The van der Waals surface area contributed by atoms with Crippen LogP contribution in [0.25, 0.3) is 5.65 Å². The number of anilines is 1. The molecule has 7 heteroatoms. The predicted octanol–water partition coefficient (Wildman–Crippen LogP) is 2.95. The van der Waals surface area contributed by atoms with E-state index in [1.165, 1.54) is 5.69 Å². The van der Waals surface area contributed by atoms with Gasteiger partial charge in [0.25, 0.3) is 5.56 Å². The number of fused-ring (bicyclic) bond motifs is 1. The lowest BCUT2D eigenvalue weighted by atomic mass is 10.2. The van der Waals surface area contributed by atoms with E-state index in [4.69, 9.17) is 0 Å². The van der Waals surface area contributed by atoms with Crippen LogP contribution in [0.2, 0.25) is 0 Å². The van der Waals surface area contributed by atoms with Crippen molar-refractivity contribution in [2.45, 2.75) is 47.6 Å². The number of aromatic amines is 1. The summed E-state index contributed by atoms with van der Waals surface area (Å²) in [5.41, 5.74) is 5.87. The van der Waals surface area contributed by atoms with Crippen molar-refractivity contribution >= 4 is 11.3 Å². The summed E-state index contributed by atoms with van der Waals surface area (Å²) in [6.07, 6.45) is 2.54. The third kappa shape index (κ3) is 4.67. The summed E-state index contributed by atoms with van der Waals surface area (Å²) in [6, 6.07) is 6.23. The number of nitrogens with zero attached hydrogens (tertiary/aromatic N) is 5. The zero-order valence-corrected chi connectivity index (χ0v) is 18.2. The molecule has 156 valence electrons. The Morgan fingerprint density at radius 3 is 2.48 bits per heavy atom. The van der Waals surface area contributed by atoms with Crippen LogP contribution >= 0.6 is 0 Å². The van der Waals surface area contributed by atoms with Crippen molar-refractivity contribution in [2.24, 2.45) is 0 Å². The lowest BCUT2D eigenvalue weighted by molar-refractivity contribution is 0.246. The predicted molar refractivity (Wildman–Crippen MR) is 118 cm³/mol. The van der Waals surface area contributed by atoms with Gasteiger partial charge in [-0.15, -0.1) is 0 Å². The minimum absolute atomic E-state index is 0.0212. The van der Waals surface area contributed by atoms with Crippen LogP contribution in [-0.4, -0.2) is 50.7 Å². The van der Waals surface area contributed by atoms with Crippen LogP contribution < -0.4 is 10.5 Å². The maximum absolute atomic E-state index is 12.0. The fraction of sp³-hybridized carbons (Fsp3) is 0.500. The Hall–Kier alpha value is -2.67. The van der Waals surface area contributed by atoms with Crippen LogP contribution in [0.5, 0.6) is 0 Å². The minimum atomic E-state index is -0.0212. The summed E-state index contributed by atoms with van der Waals surface area (Å²) >= 11 is 0. The van der Waals surface area contributed by atoms with Crippen molar-refractivity contribution in [1.29, 1.82) is 0 Å². The van der Waals surface area contributed by atoms with Crippen LogP contribution in [0.3, 0.4) is 0 Å². The Labute approximate surface area is 172 Å². The van der Waals surface area contributed by atoms with E-state index in [1.807, 2.05) is 40.0 Å². The highest BCUT2D eigenvalue weighted by atomic mass is 16.1. The second-order valence-corrected chi connectivity index (χ2v) is 7.25. The summed E-state index contributed by atoms with van der Waals surface area (Å²) < 4.78 is 1.78. The zero-order valence-electron chi connectivity index (χ0n) is 18.2. The third-order valence-electron chi connectivity index (χ3n) is 5.27. The monoisotopic (exact) mass is 396 g/mol. The number of pyridine rings is 1. The Morgan fingerprint density at radius 1 is 1.10 bits per heavy atom. The SMILES string of the molecule is CC.CCc1cn2nc(CN3CCN(c4ccc(C)nc4C)CC3)cc2[nH]c1=O. The van der Waals surface area contributed by atoms with E-state index in [0.29, 0.717) is 6.42 Å². The number of piperazine rings is 1. The highest BCUT2D eigenvalue weighted by molar-refractivity contribution is 5.51. The van der Waals surface area contributed by atoms with Gasteiger partial charge in [-0.25, -0.2) is 4.52 Å². The molecular formula is C22H32N6O. The van der Waals surface area contributed by atoms with Crippen molar-refractivity contribution in [3.05, 3.63) is 57.4 Å². The van der Waals surface area contributed by atoms with E-state index < -0.39 is 0 Å². The van der Waals surface area contributed by atoms with Crippen molar-refractivity contribution in [1.82, 2.24) is 24.5 Å². The molecule has 7 nitrogen and oxygen atoms in total. The van der Waals surface area contributed by atoms with Gasteiger partial charge in [-0.2, -0.15) is 5.10 Å². The van der Waals surface area contributed by atoms with Gasteiger partial charge >= 0.3 is 0 Å². The topological polar surface area (TPSA) is 69.5 Å². The zero-order chi connectivity index (χ0) is 21.0. The molecule has 0 radical (unpaired) electrons. The molecule has 3 aromatic rings. The van der Waals surface area contributed by atoms with E-state index in [2.05, 4.69) is 43.9 Å². The van der Waals surface area contributed by atoms with Crippen LogP contribution in [0.4, 0.5) is 5.69 Å². The Balaban J connectivity index is 0.00000117. The van der Waals surface area contributed by atoms with E-state index in [-0.39, 0.29) is 5.56 Å². The second-order valence-electron chi connectivity index (χ2n) is 7.25. The van der Waals surface area contributed by atoms with E-state index in [1.54, 1.807) is 4.52 Å². The number of aromatic nitrogens is 4. The molecular weight excluding hydrogens is 364 g/mol. The molecule has 0 aliphatic carbocycles. The molecule has 29 heavy (non-hydrogen) atoms. The van der Waals surface area contributed by atoms with Crippen LogP contribution in [-0.2, 0) is 13.0 Å². The van der Waals surface area contributed by atoms with Crippen LogP contribution in [0.15, 0.2) is 29.2 Å². The van der Waals surface area contributed by atoms with Gasteiger partial charge in [-0.05, 0) is 32.4 Å². The molecule has 0 atom stereocenters. The number of hydrogen-bond acceptors (Lipinski definition) is 5. The lowest BCUT2D eigenvalue weighted by Gasteiger charge is -2.36. The highest BCUT2D eigenvalue weighted by Gasteiger charge is 2.20. The second kappa shape index (κ2) is 9.22. The van der Waals surface area contributed by atoms with E-state index in [0.717, 1.165) is 61.0 Å². The average Bonchev–Trinajstić information content (AvgIpc) is 3.10. The molecule has 4 rings (SSSR count). The molecule has 0 saturated carbocycles. The first-order valence-corrected chi connectivity index (χ1v) is 10.6. The molecule has 1 N–H and O–H groups in total. The van der Waals surface area contributed by atoms with Gasteiger partial charge in [0.05, 0.1) is 17.1 Å². The van der Waals surface area contributed by atoms with Crippen molar-refractivity contribution in [2.75, 3.05) is 31.1 Å². The standard InChI is InChI=1S/C20H26N6O.C2H6/c1-4-16-12-26-19(22-20(16)27)11-17(23-26)13-24-7-9-25(10-8-24)18-6-5-14(2)21-15(18)3;1-2/h5-6,11-12H,4,7-10,13H2,1-3H3,(H,22,27);1-2H3. The van der Waals surface area contributed by atoms with Crippen molar-refractivity contribution in [3.63, 3.8) is 0 Å². The summed E-state index contributed by atoms with van der Waals surface area (Å²) in [6.45, 7) is 14.8. The largest absolute Gasteiger partial charge is 0.368 e. The fourth-order valence-corrected chi connectivity index (χ4v) is 3.76. The van der Waals surface area contributed by atoms with Gasteiger partial charge in [0.1, 0.15) is 5.65 Å². The molecule has 0 bridgehead atoms. The number of rotatable bonds is 4. The molecule has 4 heterocycles. The smallest absolute Gasteiger partial charge is 0.254 e. The molecule has 0 spiro atoms. The molecule has 0 amide bonds. The molecule has 0 aromatic carbocycles. The molecule has 1 aliphatic rings. The van der Waals surface area contributed by atoms with Gasteiger partial charge in [0, 0.05) is 56.2 Å². The Bertz CT molecular complexity index is 1010. The van der Waals surface area contributed by atoms with Crippen LogP contribution in [0, 0.1) is 13.8 Å². The Morgan fingerprint density at radius 2 is 1.83 bits per heavy atom. The summed E-state index contributed by atoms with van der Waals surface area (Å²) in [7, 11) is 0. The van der Waals surface area contributed by atoms with Crippen molar-refractivity contribution < 1.29 is 0 Å². The summed E-state index contributed by atoms with van der Waals surface area (Å²) in [5.74, 6) is 0.